The molecular weight excluding hydrogens is 144 g/mol. The van der Waals surface area contributed by atoms with Crippen molar-refractivity contribution in [3.8, 4) is 0 Å². The lowest BCUT2D eigenvalue weighted by Gasteiger charge is -2.17. The Labute approximate surface area is 67.4 Å². The van der Waals surface area contributed by atoms with E-state index in [9.17, 15) is 0 Å². The smallest absolute Gasteiger partial charge is 0.0743 e. The van der Waals surface area contributed by atoms with Crippen LogP contribution in [0.15, 0.2) is 0 Å². The van der Waals surface area contributed by atoms with Gasteiger partial charge in [-0.3, -0.25) is 0 Å². The van der Waals surface area contributed by atoms with E-state index in [0.29, 0.717) is 11.0 Å². The molecule has 3 heteroatoms. The molecule has 1 aliphatic heterocycles. The highest BCUT2D eigenvalue weighted by Gasteiger charge is 2.20. The van der Waals surface area contributed by atoms with Crippen LogP contribution < -0.4 is 5.73 Å². The molecule has 10 heavy (non-hydrogen) atoms. The van der Waals surface area contributed by atoms with Crippen LogP contribution in [0, 0.1) is 0 Å². The predicted molar refractivity (Wildman–Crippen MR) is 47.1 cm³/mol. The number of thiocarbonyl (C=S) groups is 1. The molecule has 2 nitrogen and oxygen atoms in total. The van der Waals surface area contributed by atoms with Crippen molar-refractivity contribution in [1.82, 2.24) is 4.90 Å². The summed E-state index contributed by atoms with van der Waals surface area (Å²) >= 11 is 4.84. The Kier molecular flexibility index (Phi) is 2.63. The third-order valence-corrected chi connectivity index (χ3v) is 2.27. The zero-order chi connectivity index (χ0) is 7.56. The fourth-order valence-corrected chi connectivity index (χ4v) is 1.66. The molecule has 1 saturated heterocycles. The van der Waals surface area contributed by atoms with Crippen LogP contribution in [0.4, 0.5) is 0 Å². The number of rotatable bonds is 2. The number of hydrogen-bond acceptors (Lipinski definition) is 2. The normalized spacial score (nSPS) is 27.1. The lowest BCUT2D eigenvalue weighted by Crippen LogP contribution is -2.29. The zero-order valence-electron chi connectivity index (χ0n) is 6.34. The molecule has 1 rings (SSSR count). The van der Waals surface area contributed by atoms with Gasteiger partial charge >= 0.3 is 0 Å². The first-order chi connectivity index (χ1) is 4.70. The van der Waals surface area contributed by atoms with Crippen LogP contribution in [0.25, 0.3) is 0 Å². The van der Waals surface area contributed by atoms with Crippen molar-refractivity contribution in [2.45, 2.75) is 25.3 Å². The van der Waals surface area contributed by atoms with Crippen LogP contribution in [0.1, 0.15) is 19.3 Å². The van der Waals surface area contributed by atoms with Gasteiger partial charge in [-0.15, -0.1) is 0 Å². The van der Waals surface area contributed by atoms with Gasteiger partial charge in [-0.2, -0.15) is 0 Å². The van der Waals surface area contributed by atoms with Crippen molar-refractivity contribution < 1.29 is 0 Å². The summed E-state index contributed by atoms with van der Waals surface area (Å²) in [5.74, 6) is 0. The highest BCUT2D eigenvalue weighted by molar-refractivity contribution is 7.80. The van der Waals surface area contributed by atoms with Crippen molar-refractivity contribution in [3.05, 3.63) is 0 Å². The van der Waals surface area contributed by atoms with Crippen molar-refractivity contribution in [2.75, 3.05) is 13.6 Å². The molecule has 0 bridgehead atoms. The predicted octanol–water partition coefficient (Wildman–Crippen LogP) is 0.757. The first kappa shape index (κ1) is 7.95. The molecule has 0 spiro atoms. The third-order valence-electron chi connectivity index (χ3n) is 2.11. The monoisotopic (exact) mass is 158 g/mol. The van der Waals surface area contributed by atoms with Gasteiger partial charge < -0.3 is 10.6 Å². The number of nitrogens with zero attached hydrogens (tertiary/aromatic N) is 1. The van der Waals surface area contributed by atoms with E-state index in [0.717, 1.165) is 6.42 Å². The van der Waals surface area contributed by atoms with E-state index >= 15 is 0 Å². The van der Waals surface area contributed by atoms with Crippen molar-refractivity contribution in [2.24, 2.45) is 5.73 Å². The maximum absolute atomic E-state index is 5.44. The average molecular weight is 158 g/mol. The highest BCUT2D eigenvalue weighted by Crippen LogP contribution is 2.17. The number of hydrogen-bond donors (Lipinski definition) is 1. The van der Waals surface area contributed by atoms with Gasteiger partial charge in [0.1, 0.15) is 0 Å². The Morgan fingerprint density at radius 3 is 2.90 bits per heavy atom. The second-order valence-corrected chi connectivity index (χ2v) is 3.47. The summed E-state index contributed by atoms with van der Waals surface area (Å²) in [6.45, 7) is 1.20. The van der Waals surface area contributed by atoms with Gasteiger partial charge in [-0.25, -0.2) is 0 Å². The number of nitrogens with two attached hydrogens (primary N) is 1. The first-order valence-corrected chi connectivity index (χ1v) is 4.09. The second kappa shape index (κ2) is 3.30. The summed E-state index contributed by atoms with van der Waals surface area (Å²) in [6, 6.07) is 0.623. The fraction of sp³-hybridized carbons (Fsp3) is 0.857. The summed E-state index contributed by atoms with van der Waals surface area (Å²) in [5, 5.41) is 0. The van der Waals surface area contributed by atoms with E-state index < -0.39 is 0 Å². The third kappa shape index (κ3) is 1.92. The van der Waals surface area contributed by atoms with Crippen molar-refractivity contribution >= 4 is 17.2 Å². The van der Waals surface area contributed by atoms with Gasteiger partial charge in [0.05, 0.1) is 4.99 Å². The minimum Gasteiger partial charge on any atom is -0.393 e. The molecular formula is C7H14N2S. The van der Waals surface area contributed by atoms with E-state index in [1.807, 2.05) is 0 Å². The largest absolute Gasteiger partial charge is 0.393 e. The minimum absolute atomic E-state index is 0.623. The standard InChI is InChI=1S/C7H14N2S/c1-9-4-2-3-6(9)5-7(8)10/h6H,2-5H2,1H3,(H2,8,10). The maximum atomic E-state index is 5.44. The van der Waals surface area contributed by atoms with E-state index in [1.54, 1.807) is 0 Å². The first-order valence-electron chi connectivity index (χ1n) is 3.68. The van der Waals surface area contributed by atoms with Crippen LogP contribution in [-0.2, 0) is 0 Å². The Hall–Kier alpha value is -0.150. The van der Waals surface area contributed by atoms with Gasteiger partial charge in [0.2, 0.25) is 0 Å². The van der Waals surface area contributed by atoms with Gasteiger partial charge in [-0.1, -0.05) is 12.2 Å². The Bertz CT molecular complexity index is 136. The van der Waals surface area contributed by atoms with Crippen molar-refractivity contribution in [1.29, 1.82) is 0 Å². The van der Waals surface area contributed by atoms with Crippen LogP contribution in [0.2, 0.25) is 0 Å². The van der Waals surface area contributed by atoms with Crippen LogP contribution >= 0.6 is 12.2 Å². The van der Waals surface area contributed by atoms with Gasteiger partial charge in [0.15, 0.2) is 0 Å². The molecule has 1 unspecified atom stereocenters. The van der Waals surface area contributed by atoms with E-state index in [4.69, 9.17) is 18.0 Å². The van der Waals surface area contributed by atoms with Crippen LogP contribution in [-0.4, -0.2) is 29.5 Å². The molecule has 0 saturated carbocycles. The summed E-state index contributed by atoms with van der Waals surface area (Å²) in [6.07, 6.45) is 3.45. The summed E-state index contributed by atoms with van der Waals surface area (Å²) in [5.41, 5.74) is 5.44. The maximum Gasteiger partial charge on any atom is 0.0743 e. The van der Waals surface area contributed by atoms with Gasteiger partial charge in [0.25, 0.3) is 0 Å². The highest BCUT2D eigenvalue weighted by atomic mass is 32.1. The molecule has 1 heterocycles. The zero-order valence-corrected chi connectivity index (χ0v) is 7.16. The second-order valence-electron chi connectivity index (χ2n) is 2.95. The van der Waals surface area contributed by atoms with Crippen molar-refractivity contribution in [3.63, 3.8) is 0 Å². The molecule has 0 aromatic heterocycles. The summed E-state index contributed by atoms with van der Waals surface area (Å²) in [7, 11) is 2.13. The molecule has 58 valence electrons. The molecule has 1 fully saturated rings. The van der Waals surface area contributed by atoms with Gasteiger partial charge in [0, 0.05) is 12.5 Å². The molecule has 2 N–H and O–H groups in total. The quantitative estimate of drug-likeness (QED) is 0.602. The van der Waals surface area contributed by atoms with Crippen LogP contribution in [0.3, 0.4) is 0 Å². The molecule has 0 aromatic rings. The fourth-order valence-electron chi connectivity index (χ4n) is 1.47. The lowest BCUT2D eigenvalue weighted by atomic mass is 10.1. The van der Waals surface area contributed by atoms with E-state index in [-0.39, 0.29) is 0 Å². The Morgan fingerprint density at radius 1 is 1.80 bits per heavy atom. The molecule has 0 radical (unpaired) electrons. The lowest BCUT2D eigenvalue weighted by molar-refractivity contribution is 0.318. The Balaban J connectivity index is 2.33. The summed E-state index contributed by atoms with van der Waals surface area (Å²) < 4.78 is 0. The van der Waals surface area contributed by atoms with Gasteiger partial charge in [-0.05, 0) is 26.4 Å². The van der Waals surface area contributed by atoms with E-state index in [2.05, 4.69) is 11.9 Å². The minimum atomic E-state index is 0.623. The molecule has 0 aromatic carbocycles. The van der Waals surface area contributed by atoms with E-state index in [1.165, 1.54) is 19.4 Å². The topological polar surface area (TPSA) is 29.3 Å². The molecule has 0 amide bonds. The molecule has 0 aliphatic carbocycles. The number of likely N-dealkylation sites (tertiary alicyclic amines) is 1. The summed E-state index contributed by atoms with van der Waals surface area (Å²) in [4.78, 5) is 2.98. The van der Waals surface area contributed by atoms with Crippen LogP contribution in [0.5, 0.6) is 0 Å². The molecule has 1 aliphatic rings. The Morgan fingerprint density at radius 2 is 2.50 bits per heavy atom. The molecule has 1 atom stereocenters. The average Bonchev–Trinajstić information content (AvgIpc) is 2.15. The SMILES string of the molecule is CN1CCCC1CC(N)=S.